The van der Waals surface area contributed by atoms with Crippen LogP contribution >= 0.6 is 0 Å². The predicted molar refractivity (Wildman–Crippen MR) is 66.7 cm³/mol. The van der Waals surface area contributed by atoms with Crippen LogP contribution in [0.25, 0.3) is 0 Å². The van der Waals surface area contributed by atoms with E-state index in [4.69, 9.17) is 10.2 Å². The fourth-order valence-corrected chi connectivity index (χ4v) is 1.66. The molecular weight excluding hydrogens is 288 g/mol. The molecule has 1 rings (SSSR count). The highest BCUT2D eigenvalue weighted by atomic mass is 19.1. The molecule has 3 N–H and O–H groups in total. The summed E-state index contributed by atoms with van der Waals surface area (Å²) in [6, 6.07) is 1.40. The molecule has 0 saturated heterocycles. The summed E-state index contributed by atoms with van der Waals surface area (Å²) >= 11 is 0. The molecule has 0 saturated carbocycles. The van der Waals surface area contributed by atoms with Crippen LogP contribution in [-0.4, -0.2) is 34.1 Å². The molecule has 0 aliphatic heterocycles. The smallest absolute Gasteiger partial charge is 0.326 e. The van der Waals surface area contributed by atoms with Gasteiger partial charge in [0.25, 0.3) is 5.91 Å². The highest BCUT2D eigenvalue weighted by Gasteiger charge is 2.24. The number of halogens is 2. The van der Waals surface area contributed by atoms with Gasteiger partial charge >= 0.3 is 11.9 Å². The Kier molecular flexibility index (Phi) is 5.77. The van der Waals surface area contributed by atoms with Gasteiger partial charge < -0.3 is 15.5 Å². The molecule has 0 radical (unpaired) electrons. The molecule has 0 unspecified atom stereocenters. The van der Waals surface area contributed by atoms with Crippen LogP contribution in [0.3, 0.4) is 0 Å². The maximum absolute atomic E-state index is 13.4. The molecule has 6 nitrogen and oxygen atoms in total. The van der Waals surface area contributed by atoms with Gasteiger partial charge in [-0.25, -0.2) is 13.6 Å². The Balaban J connectivity index is 2.77. The Morgan fingerprint density at radius 2 is 1.71 bits per heavy atom. The Morgan fingerprint density at radius 3 is 2.19 bits per heavy atom. The first kappa shape index (κ1) is 16.5. The minimum absolute atomic E-state index is 0.00628. The number of aliphatic carboxylic acids is 2. The molecule has 0 bridgehead atoms. The Bertz CT molecular complexity index is 541. The molecule has 21 heavy (non-hydrogen) atoms. The number of hydrogen-bond acceptors (Lipinski definition) is 3. The van der Waals surface area contributed by atoms with E-state index >= 15 is 0 Å². The molecule has 1 atom stereocenters. The molecule has 1 aromatic carbocycles. The fraction of sp³-hybridized carbons (Fsp3) is 0.308. The third kappa shape index (κ3) is 4.83. The van der Waals surface area contributed by atoms with Gasteiger partial charge in [-0.1, -0.05) is 6.07 Å². The van der Waals surface area contributed by atoms with Crippen LogP contribution in [0.4, 0.5) is 8.78 Å². The summed E-state index contributed by atoms with van der Waals surface area (Å²) in [5.41, 5.74) is -0.873. The standard InChI is InChI=1S/C13H13F2NO5/c14-7-3-1-4-8(15)11(7)12(19)16-9(13(20)21)5-2-6-10(17)18/h1,3-4,9H,2,5-6H2,(H,16,19)(H,17,18)(H,20,21)/t9-/m1/s1. The van der Waals surface area contributed by atoms with E-state index in [1.165, 1.54) is 0 Å². The van der Waals surface area contributed by atoms with Crippen LogP contribution in [0.2, 0.25) is 0 Å². The first-order valence-electron chi connectivity index (χ1n) is 6.02. The maximum Gasteiger partial charge on any atom is 0.326 e. The summed E-state index contributed by atoms with van der Waals surface area (Å²) in [4.78, 5) is 33.0. The van der Waals surface area contributed by atoms with Gasteiger partial charge in [0.05, 0.1) is 0 Å². The second-order valence-corrected chi connectivity index (χ2v) is 4.25. The lowest BCUT2D eigenvalue weighted by Gasteiger charge is -2.14. The lowest BCUT2D eigenvalue weighted by atomic mass is 10.1. The van der Waals surface area contributed by atoms with E-state index in [-0.39, 0.29) is 19.3 Å². The number of carboxylic acid groups (broad SMARTS) is 2. The number of hydrogen-bond donors (Lipinski definition) is 3. The van der Waals surface area contributed by atoms with Crippen molar-refractivity contribution in [1.82, 2.24) is 5.32 Å². The van der Waals surface area contributed by atoms with Gasteiger partial charge in [0.15, 0.2) is 0 Å². The molecule has 0 heterocycles. The third-order valence-electron chi connectivity index (χ3n) is 2.68. The van der Waals surface area contributed by atoms with Gasteiger partial charge in [0, 0.05) is 6.42 Å². The highest BCUT2D eigenvalue weighted by Crippen LogP contribution is 2.12. The van der Waals surface area contributed by atoms with E-state index < -0.39 is 41.1 Å². The van der Waals surface area contributed by atoms with Crippen molar-refractivity contribution in [2.24, 2.45) is 0 Å². The molecule has 8 heteroatoms. The topological polar surface area (TPSA) is 104 Å². The Hall–Kier alpha value is -2.51. The minimum atomic E-state index is -1.42. The summed E-state index contributed by atoms with van der Waals surface area (Å²) in [5, 5.41) is 19.4. The van der Waals surface area contributed by atoms with Crippen molar-refractivity contribution in [3.63, 3.8) is 0 Å². The monoisotopic (exact) mass is 301 g/mol. The summed E-state index contributed by atoms with van der Waals surface area (Å²) < 4.78 is 26.8. The summed E-state index contributed by atoms with van der Waals surface area (Å²) in [6.07, 6.45) is -0.427. The Morgan fingerprint density at radius 1 is 1.14 bits per heavy atom. The molecule has 0 aliphatic carbocycles. The van der Waals surface area contributed by atoms with Gasteiger partial charge in [0.1, 0.15) is 23.2 Å². The van der Waals surface area contributed by atoms with Crippen molar-refractivity contribution in [3.8, 4) is 0 Å². The normalized spacial score (nSPS) is 11.7. The van der Waals surface area contributed by atoms with Crippen LogP contribution in [0.5, 0.6) is 0 Å². The predicted octanol–water partition coefficient (Wildman–Crippen LogP) is 1.40. The quantitative estimate of drug-likeness (QED) is 0.706. The van der Waals surface area contributed by atoms with Crippen LogP contribution in [0, 0.1) is 11.6 Å². The van der Waals surface area contributed by atoms with Crippen LogP contribution in [-0.2, 0) is 9.59 Å². The molecule has 0 fully saturated rings. The average molecular weight is 301 g/mol. The number of amides is 1. The van der Waals surface area contributed by atoms with E-state index in [1.54, 1.807) is 0 Å². The van der Waals surface area contributed by atoms with E-state index in [0.717, 1.165) is 18.2 Å². The van der Waals surface area contributed by atoms with E-state index in [1.807, 2.05) is 5.32 Å². The number of benzene rings is 1. The Labute approximate surface area is 118 Å². The molecule has 114 valence electrons. The molecule has 1 aromatic rings. The van der Waals surface area contributed by atoms with E-state index in [0.29, 0.717) is 0 Å². The zero-order valence-corrected chi connectivity index (χ0v) is 10.8. The van der Waals surface area contributed by atoms with Crippen molar-refractivity contribution in [3.05, 3.63) is 35.4 Å². The molecule has 0 spiro atoms. The van der Waals surface area contributed by atoms with Gasteiger partial charge in [-0.05, 0) is 25.0 Å². The fourth-order valence-electron chi connectivity index (χ4n) is 1.66. The van der Waals surface area contributed by atoms with Crippen LogP contribution in [0.15, 0.2) is 18.2 Å². The van der Waals surface area contributed by atoms with Gasteiger partial charge in [-0.2, -0.15) is 0 Å². The lowest BCUT2D eigenvalue weighted by molar-refractivity contribution is -0.140. The maximum atomic E-state index is 13.4. The van der Waals surface area contributed by atoms with Gasteiger partial charge in [0.2, 0.25) is 0 Å². The second-order valence-electron chi connectivity index (χ2n) is 4.25. The van der Waals surface area contributed by atoms with Crippen molar-refractivity contribution >= 4 is 17.8 Å². The van der Waals surface area contributed by atoms with Crippen molar-refractivity contribution in [2.45, 2.75) is 25.3 Å². The van der Waals surface area contributed by atoms with Crippen molar-refractivity contribution < 1.29 is 33.4 Å². The average Bonchev–Trinajstić information content (AvgIpc) is 2.36. The number of carbonyl (C=O) groups excluding carboxylic acids is 1. The van der Waals surface area contributed by atoms with Gasteiger partial charge in [-0.3, -0.25) is 9.59 Å². The van der Waals surface area contributed by atoms with Crippen LogP contribution < -0.4 is 5.32 Å². The number of rotatable bonds is 7. The van der Waals surface area contributed by atoms with E-state index in [9.17, 15) is 23.2 Å². The zero-order chi connectivity index (χ0) is 16.0. The molecular formula is C13H13F2NO5. The summed E-state index contributed by atoms with van der Waals surface area (Å²) in [6.45, 7) is 0. The minimum Gasteiger partial charge on any atom is -0.481 e. The second kappa shape index (κ2) is 7.32. The van der Waals surface area contributed by atoms with E-state index in [2.05, 4.69) is 0 Å². The first-order valence-corrected chi connectivity index (χ1v) is 6.02. The third-order valence-corrected chi connectivity index (χ3v) is 2.68. The number of nitrogens with one attached hydrogen (secondary N) is 1. The molecule has 0 aromatic heterocycles. The van der Waals surface area contributed by atoms with Gasteiger partial charge in [-0.15, -0.1) is 0 Å². The zero-order valence-electron chi connectivity index (χ0n) is 10.8. The molecule has 0 aliphatic rings. The van der Waals surface area contributed by atoms with Crippen LogP contribution in [0.1, 0.15) is 29.6 Å². The molecule has 1 amide bonds. The first-order chi connectivity index (χ1) is 9.82. The summed E-state index contributed by atoms with van der Waals surface area (Å²) in [7, 11) is 0. The van der Waals surface area contributed by atoms with Crippen molar-refractivity contribution in [1.29, 1.82) is 0 Å². The highest BCUT2D eigenvalue weighted by molar-refractivity contribution is 5.97. The largest absolute Gasteiger partial charge is 0.481 e. The number of carboxylic acids is 2. The van der Waals surface area contributed by atoms with Crippen molar-refractivity contribution in [2.75, 3.05) is 0 Å². The summed E-state index contributed by atoms with van der Waals surface area (Å²) in [5.74, 6) is -5.94. The lowest BCUT2D eigenvalue weighted by Crippen LogP contribution is -2.41. The SMILES string of the molecule is O=C(O)CCC[C@@H](NC(=O)c1c(F)cccc1F)C(=O)O. The number of carbonyl (C=O) groups is 3.